The Hall–Kier alpha value is -1.10. The van der Waals surface area contributed by atoms with Gasteiger partial charge in [-0.1, -0.05) is 0 Å². The topological polar surface area (TPSA) is 75.6 Å². The van der Waals surface area contributed by atoms with Crippen LogP contribution in [0.2, 0.25) is 0 Å². The highest BCUT2D eigenvalue weighted by Gasteiger charge is 2.36. The Labute approximate surface area is 63.3 Å². The number of amides is 1. The number of aliphatic hydroxyl groups excluding tert-OH is 1. The van der Waals surface area contributed by atoms with Gasteiger partial charge in [-0.05, 0) is 0 Å². The van der Waals surface area contributed by atoms with Gasteiger partial charge in [-0.2, -0.15) is 0 Å². The summed E-state index contributed by atoms with van der Waals surface area (Å²) in [6.45, 7) is 0. The van der Waals surface area contributed by atoms with E-state index in [0.29, 0.717) is 0 Å². The zero-order chi connectivity index (χ0) is 8.43. The number of ether oxygens (including phenoxy) is 1. The molecule has 0 aliphatic carbocycles. The fourth-order valence-electron chi connectivity index (χ4n) is 0.979. The fraction of sp³-hybridized carbons (Fsp3) is 0.667. The maximum absolute atomic E-state index is 10.8. The molecule has 1 aliphatic rings. The monoisotopic (exact) mass is 159 g/mol. The minimum Gasteiger partial charge on any atom is -0.467 e. The molecule has 62 valence electrons. The van der Waals surface area contributed by atoms with E-state index in [1.807, 2.05) is 0 Å². The highest BCUT2D eigenvalue weighted by molar-refractivity contribution is 5.89. The van der Waals surface area contributed by atoms with E-state index < -0.39 is 18.1 Å². The number of carbonyl (C=O) groups excluding carboxylic acids is 2. The van der Waals surface area contributed by atoms with Gasteiger partial charge >= 0.3 is 5.97 Å². The molecule has 5 nitrogen and oxygen atoms in total. The first-order chi connectivity index (χ1) is 5.15. The molecule has 2 unspecified atom stereocenters. The molecule has 11 heavy (non-hydrogen) atoms. The number of esters is 1. The van der Waals surface area contributed by atoms with Gasteiger partial charge in [0.05, 0.1) is 19.6 Å². The van der Waals surface area contributed by atoms with Gasteiger partial charge < -0.3 is 15.2 Å². The summed E-state index contributed by atoms with van der Waals surface area (Å²) in [6, 6.07) is -0.882. The van der Waals surface area contributed by atoms with Crippen LogP contribution in [0.5, 0.6) is 0 Å². The minimum atomic E-state index is -0.949. The van der Waals surface area contributed by atoms with Crippen LogP contribution in [0.15, 0.2) is 0 Å². The van der Waals surface area contributed by atoms with Crippen LogP contribution in [0, 0.1) is 0 Å². The Morgan fingerprint density at radius 1 is 1.82 bits per heavy atom. The molecule has 1 aliphatic heterocycles. The van der Waals surface area contributed by atoms with Gasteiger partial charge in [0.1, 0.15) is 0 Å². The third-order valence-electron chi connectivity index (χ3n) is 1.55. The van der Waals surface area contributed by atoms with E-state index in [1.54, 1.807) is 0 Å². The van der Waals surface area contributed by atoms with Crippen molar-refractivity contribution in [1.29, 1.82) is 0 Å². The number of carbonyl (C=O) groups is 2. The zero-order valence-corrected chi connectivity index (χ0v) is 6.03. The van der Waals surface area contributed by atoms with Crippen LogP contribution in [0.25, 0.3) is 0 Å². The molecule has 5 heteroatoms. The number of nitrogens with one attached hydrogen (secondary N) is 1. The smallest absolute Gasteiger partial charge is 0.331 e. The summed E-state index contributed by atoms with van der Waals surface area (Å²) in [5, 5.41) is 11.4. The molecule has 0 aromatic heterocycles. The number of methoxy groups -OCH3 is 1. The molecule has 0 aromatic rings. The average Bonchev–Trinajstić information content (AvgIpc) is 2.28. The van der Waals surface area contributed by atoms with Gasteiger partial charge in [0, 0.05) is 0 Å². The predicted octanol–water partition coefficient (Wildman–Crippen LogP) is -1.59. The van der Waals surface area contributed by atoms with Crippen LogP contribution in [0.3, 0.4) is 0 Å². The van der Waals surface area contributed by atoms with Crippen molar-refractivity contribution >= 4 is 11.9 Å². The van der Waals surface area contributed by atoms with Crippen molar-refractivity contribution in [3.63, 3.8) is 0 Å². The van der Waals surface area contributed by atoms with Gasteiger partial charge in [0.2, 0.25) is 5.91 Å². The molecule has 1 saturated heterocycles. The normalized spacial score (nSPS) is 29.8. The first-order valence-corrected chi connectivity index (χ1v) is 3.20. The summed E-state index contributed by atoms with van der Waals surface area (Å²) in [6.07, 6.45) is -0.977. The van der Waals surface area contributed by atoms with Crippen molar-refractivity contribution in [2.24, 2.45) is 0 Å². The Morgan fingerprint density at radius 3 is 2.82 bits per heavy atom. The van der Waals surface area contributed by atoms with E-state index in [2.05, 4.69) is 10.1 Å². The molecule has 0 spiro atoms. The van der Waals surface area contributed by atoms with Gasteiger partial charge in [-0.15, -0.1) is 0 Å². The van der Waals surface area contributed by atoms with Crippen LogP contribution in [0.1, 0.15) is 6.42 Å². The molecule has 1 fully saturated rings. The van der Waals surface area contributed by atoms with Crippen molar-refractivity contribution in [1.82, 2.24) is 5.32 Å². The standard InChI is InChI=1S/C6H9NO4/c1-11-6(10)5-3(8)2-4(9)7-5/h3,5,8H,2H2,1H3,(H,7,9). The molecule has 0 radical (unpaired) electrons. The molecule has 0 saturated carbocycles. The fourth-order valence-corrected chi connectivity index (χ4v) is 0.979. The molecule has 2 atom stereocenters. The second kappa shape index (κ2) is 2.87. The van der Waals surface area contributed by atoms with Gasteiger partial charge in [0.15, 0.2) is 6.04 Å². The third kappa shape index (κ3) is 1.48. The second-order valence-electron chi connectivity index (χ2n) is 2.34. The summed E-state index contributed by atoms with van der Waals surface area (Å²) in [4.78, 5) is 21.4. The van der Waals surface area contributed by atoms with Crippen LogP contribution >= 0.6 is 0 Å². The SMILES string of the molecule is COC(=O)C1NC(=O)CC1O. The highest BCUT2D eigenvalue weighted by atomic mass is 16.5. The maximum atomic E-state index is 10.8. The number of hydrogen-bond acceptors (Lipinski definition) is 4. The Morgan fingerprint density at radius 2 is 2.45 bits per heavy atom. The summed E-state index contributed by atoms with van der Waals surface area (Å²) >= 11 is 0. The third-order valence-corrected chi connectivity index (χ3v) is 1.55. The Bertz CT molecular complexity index is 191. The quantitative estimate of drug-likeness (QED) is 0.452. The molecular weight excluding hydrogens is 150 g/mol. The first kappa shape index (κ1) is 8.00. The number of aliphatic hydroxyl groups is 1. The summed E-state index contributed by atoms with van der Waals surface area (Å²) in [5.41, 5.74) is 0. The molecule has 0 bridgehead atoms. The van der Waals surface area contributed by atoms with Crippen LogP contribution in [-0.4, -0.2) is 36.2 Å². The molecule has 1 amide bonds. The predicted molar refractivity (Wildman–Crippen MR) is 34.6 cm³/mol. The molecule has 1 heterocycles. The molecule has 1 rings (SSSR count). The van der Waals surface area contributed by atoms with E-state index in [4.69, 9.17) is 5.11 Å². The van der Waals surface area contributed by atoms with E-state index in [0.717, 1.165) is 0 Å². The zero-order valence-electron chi connectivity index (χ0n) is 6.03. The van der Waals surface area contributed by atoms with Crippen molar-refractivity contribution in [3.05, 3.63) is 0 Å². The lowest BCUT2D eigenvalue weighted by atomic mass is 10.2. The maximum Gasteiger partial charge on any atom is 0.331 e. The summed E-state index contributed by atoms with van der Waals surface area (Å²) in [7, 11) is 1.21. The van der Waals surface area contributed by atoms with Gasteiger partial charge in [-0.25, -0.2) is 4.79 Å². The lowest BCUT2D eigenvalue weighted by Crippen LogP contribution is -2.40. The average molecular weight is 159 g/mol. The second-order valence-corrected chi connectivity index (χ2v) is 2.34. The van der Waals surface area contributed by atoms with Crippen LogP contribution in [0.4, 0.5) is 0 Å². The van der Waals surface area contributed by atoms with Crippen LogP contribution in [-0.2, 0) is 14.3 Å². The molecule has 2 N–H and O–H groups in total. The van der Waals surface area contributed by atoms with Crippen molar-refractivity contribution in [2.45, 2.75) is 18.6 Å². The number of hydrogen-bond donors (Lipinski definition) is 2. The first-order valence-electron chi connectivity index (χ1n) is 3.20. The summed E-state index contributed by atoms with van der Waals surface area (Å²) in [5.74, 6) is -0.934. The lowest BCUT2D eigenvalue weighted by molar-refractivity contribution is -0.145. The highest BCUT2D eigenvalue weighted by Crippen LogP contribution is 2.08. The molecular formula is C6H9NO4. The Kier molecular flexibility index (Phi) is 2.09. The Balaban J connectivity index is 2.59. The minimum absolute atomic E-state index is 0.0280. The van der Waals surface area contributed by atoms with Gasteiger partial charge in [-0.3, -0.25) is 4.79 Å². The summed E-state index contributed by atoms with van der Waals surface area (Å²) < 4.78 is 4.34. The molecule has 0 aromatic carbocycles. The van der Waals surface area contributed by atoms with Gasteiger partial charge in [0.25, 0.3) is 0 Å². The van der Waals surface area contributed by atoms with Crippen molar-refractivity contribution in [3.8, 4) is 0 Å². The van der Waals surface area contributed by atoms with Crippen LogP contribution < -0.4 is 5.32 Å². The lowest BCUT2D eigenvalue weighted by Gasteiger charge is -2.09. The van der Waals surface area contributed by atoms with E-state index in [1.165, 1.54) is 7.11 Å². The van der Waals surface area contributed by atoms with E-state index in [-0.39, 0.29) is 12.3 Å². The van der Waals surface area contributed by atoms with Crippen molar-refractivity contribution < 1.29 is 19.4 Å². The van der Waals surface area contributed by atoms with E-state index >= 15 is 0 Å². The number of rotatable bonds is 1. The largest absolute Gasteiger partial charge is 0.467 e. The van der Waals surface area contributed by atoms with E-state index in [9.17, 15) is 9.59 Å². The van der Waals surface area contributed by atoms with Crippen molar-refractivity contribution in [2.75, 3.05) is 7.11 Å².